The van der Waals surface area contributed by atoms with E-state index in [1.807, 2.05) is 30.3 Å². The van der Waals surface area contributed by atoms with Crippen LogP contribution in [0.25, 0.3) is 0 Å². The summed E-state index contributed by atoms with van der Waals surface area (Å²) in [7, 11) is 1.49. The fourth-order valence-electron chi connectivity index (χ4n) is 3.22. The van der Waals surface area contributed by atoms with E-state index in [1.165, 1.54) is 18.9 Å². The van der Waals surface area contributed by atoms with Crippen molar-refractivity contribution < 1.29 is 29.0 Å². The van der Waals surface area contributed by atoms with Crippen molar-refractivity contribution in [3.8, 4) is 0 Å². The monoisotopic (exact) mass is 405 g/mol. The number of benzene rings is 1. The lowest BCUT2D eigenvalue weighted by Gasteiger charge is -2.25. The van der Waals surface area contributed by atoms with Crippen molar-refractivity contribution in [2.24, 2.45) is 0 Å². The Morgan fingerprint density at radius 1 is 1.28 bits per heavy atom. The number of carboxylic acids is 1. The Labute approximate surface area is 169 Å². The van der Waals surface area contributed by atoms with Crippen LogP contribution < -0.4 is 5.32 Å². The lowest BCUT2D eigenvalue weighted by molar-refractivity contribution is -0.151. The van der Waals surface area contributed by atoms with Gasteiger partial charge in [0.1, 0.15) is 6.04 Å². The normalized spacial score (nSPS) is 18.4. The van der Waals surface area contributed by atoms with E-state index in [2.05, 4.69) is 5.32 Å². The highest BCUT2D eigenvalue weighted by atomic mass is 16.5. The van der Waals surface area contributed by atoms with Crippen molar-refractivity contribution in [1.82, 2.24) is 15.1 Å². The van der Waals surface area contributed by atoms with Crippen LogP contribution in [-0.4, -0.2) is 77.1 Å². The lowest BCUT2D eigenvalue weighted by atomic mass is 10.0. The molecule has 0 bridgehead atoms. The number of carbonyl (C=O) groups excluding carboxylic acids is 3. The van der Waals surface area contributed by atoms with Crippen LogP contribution in [0.2, 0.25) is 0 Å². The molecule has 0 aliphatic carbocycles. The van der Waals surface area contributed by atoms with Crippen molar-refractivity contribution >= 4 is 23.9 Å². The van der Waals surface area contributed by atoms with E-state index in [9.17, 15) is 24.3 Å². The standard InChI is InChI=1S/C20H27N3O6/c1-4-29-19(27)16-12-22(3)20(28)23(16)17(24)13(2)21-15(18(25)26)11-10-14-8-6-5-7-9-14/h5-9,13,15-16,21H,4,10-12H2,1-3H3,(H,25,26)/t13-,15-,16-/m0/s1. The minimum Gasteiger partial charge on any atom is -0.480 e. The van der Waals surface area contributed by atoms with Gasteiger partial charge in [0.05, 0.1) is 19.2 Å². The smallest absolute Gasteiger partial charge is 0.331 e. The van der Waals surface area contributed by atoms with Crippen LogP contribution in [0.5, 0.6) is 0 Å². The first-order valence-electron chi connectivity index (χ1n) is 9.53. The fourth-order valence-corrected chi connectivity index (χ4v) is 3.22. The van der Waals surface area contributed by atoms with E-state index in [4.69, 9.17) is 4.74 Å². The molecule has 0 spiro atoms. The summed E-state index contributed by atoms with van der Waals surface area (Å²) in [4.78, 5) is 51.2. The average Bonchev–Trinajstić information content (AvgIpc) is 3.00. The molecule has 1 saturated heterocycles. The first-order valence-corrected chi connectivity index (χ1v) is 9.53. The SMILES string of the molecule is CCOC(=O)[C@@H]1CN(C)C(=O)N1C(=O)[C@H](C)N[C@@H](CCc1ccccc1)C(=O)O. The molecule has 29 heavy (non-hydrogen) atoms. The number of aliphatic carboxylic acids is 1. The van der Waals surface area contributed by atoms with E-state index < -0.39 is 42.0 Å². The second-order valence-electron chi connectivity index (χ2n) is 6.94. The number of likely N-dealkylation sites (N-methyl/N-ethyl adjacent to an activating group) is 1. The van der Waals surface area contributed by atoms with Crippen LogP contribution in [0, 0.1) is 0 Å². The number of amides is 3. The maximum Gasteiger partial charge on any atom is 0.331 e. The number of rotatable bonds is 9. The molecule has 158 valence electrons. The molecule has 3 amide bonds. The molecule has 2 rings (SSSR count). The maximum absolute atomic E-state index is 12.9. The molecule has 0 radical (unpaired) electrons. The van der Waals surface area contributed by atoms with E-state index in [-0.39, 0.29) is 19.6 Å². The van der Waals surface area contributed by atoms with Crippen LogP contribution in [-0.2, 0) is 25.5 Å². The molecule has 9 nitrogen and oxygen atoms in total. The average molecular weight is 405 g/mol. The van der Waals surface area contributed by atoms with Crippen LogP contribution in [0.3, 0.4) is 0 Å². The van der Waals surface area contributed by atoms with Crippen LogP contribution in [0.1, 0.15) is 25.8 Å². The number of aryl methyl sites for hydroxylation is 1. The third-order valence-corrected chi connectivity index (χ3v) is 4.77. The van der Waals surface area contributed by atoms with Crippen molar-refractivity contribution in [2.75, 3.05) is 20.2 Å². The number of carboxylic acid groups (broad SMARTS) is 1. The van der Waals surface area contributed by atoms with Crippen molar-refractivity contribution in [1.29, 1.82) is 0 Å². The molecular formula is C20H27N3O6. The van der Waals surface area contributed by atoms with E-state index in [0.717, 1.165) is 10.5 Å². The summed E-state index contributed by atoms with van der Waals surface area (Å²) < 4.78 is 4.96. The lowest BCUT2D eigenvalue weighted by Crippen LogP contribution is -2.54. The van der Waals surface area contributed by atoms with Gasteiger partial charge in [-0.25, -0.2) is 14.5 Å². The summed E-state index contributed by atoms with van der Waals surface area (Å²) in [5.74, 6) is -2.42. The topological polar surface area (TPSA) is 116 Å². The van der Waals surface area contributed by atoms with Gasteiger partial charge in [0, 0.05) is 7.05 Å². The van der Waals surface area contributed by atoms with Gasteiger partial charge >= 0.3 is 18.0 Å². The van der Waals surface area contributed by atoms with Crippen LogP contribution >= 0.6 is 0 Å². The number of hydrogen-bond donors (Lipinski definition) is 2. The van der Waals surface area contributed by atoms with Gasteiger partial charge in [0.2, 0.25) is 5.91 Å². The number of urea groups is 1. The first-order chi connectivity index (χ1) is 13.8. The second-order valence-corrected chi connectivity index (χ2v) is 6.94. The maximum atomic E-state index is 12.9. The molecule has 1 aliphatic heterocycles. The molecule has 1 aromatic carbocycles. The predicted octanol–water partition coefficient (Wildman–Crippen LogP) is 0.876. The van der Waals surface area contributed by atoms with Crippen LogP contribution in [0.4, 0.5) is 4.79 Å². The minimum atomic E-state index is -1.09. The fraction of sp³-hybridized carbons (Fsp3) is 0.500. The van der Waals surface area contributed by atoms with Crippen molar-refractivity contribution in [3.63, 3.8) is 0 Å². The quantitative estimate of drug-likeness (QED) is 0.586. The largest absolute Gasteiger partial charge is 0.480 e. The number of nitrogens with zero attached hydrogens (tertiary/aromatic N) is 2. The third-order valence-electron chi connectivity index (χ3n) is 4.77. The molecule has 3 atom stereocenters. The van der Waals surface area contributed by atoms with Crippen molar-refractivity contribution in [3.05, 3.63) is 35.9 Å². The second kappa shape index (κ2) is 10.0. The number of ether oxygens (including phenoxy) is 1. The molecule has 1 heterocycles. The van der Waals surface area contributed by atoms with Crippen molar-refractivity contribution in [2.45, 2.75) is 44.8 Å². The summed E-state index contributed by atoms with van der Waals surface area (Å²) in [6.07, 6.45) is 0.786. The van der Waals surface area contributed by atoms with Gasteiger partial charge in [-0.05, 0) is 32.3 Å². The number of imide groups is 1. The van der Waals surface area contributed by atoms with E-state index in [0.29, 0.717) is 6.42 Å². The Balaban J connectivity index is 2.06. The molecule has 0 unspecified atom stereocenters. The van der Waals surface area contributed by atoms with Gasteiger partial charge in [-0.15, -0.1) is 0 Å². The van der Waals surface area contributed by atoms with Gasteiger partial charge in [0.15, 0.2) is 6.04 Å². The highest BCUT2D eigenvalue weighted by Gasteiger charge is 2.46. The summed E-state index contributed by atoms with van der Waals surface area (Å²) in [5.41, 5.74) is 0.984. The van der Waals surface area contributed by atoms with E-state index in [1.54, 1.807) is 6.92 Å². The zero-order valence-electron chi connectivity index (χ0n) is 16.8. The zero-order chi connectivity index (χ0) is 21.6. The Kier molecular flexibility index (Phi) is 7.72. The molecule has 0 saturated carbocycles. The highest BCUT2D eigenvalue weighted by Crippen LogP contribution is 2.18. The summed E-state index contributed by atoms with van der Waals surface area (Å²) >= 11 is 0. The zero-order valence-corrected chi connectivity index (χ0v) is 16.8. The predicted molar refractivity (Wildman–Crippen MR) is 104 cm³/mol. The van der Waals surface area contributed by atoms with Gasteiger partial charge in [-0.1, -0.05) is 30.3 Å². The number of nitrogens with one attached hydrogen (secondary N) is 1. The van der Waals surface area contributed by atoms with E-state index >= 15 is 0 Å². The van der Waals surface area contributed by atoms with Gasteiger partial charge in [0.25, 0.3) is 0 Å². The van der Waals surface area contributed by atoms with Gasteiger partial charge in [-0.2, -0.15) is 0 Å². The Bertz CT molecular complexity index is 754. The molecule has 9 heteroatoms. The molecule has 1 aromatic rings. The molecular weight excluding hydrogens is 378 g/mol. The Morgan fingerprint density at radius 3 is 2.52 bits per heavy atom. The highest BCUT2D eigenvalue weighted by molar-refractivity contribution is 6.03. The Morgan fingerprint density at radius 2 is 1.93 bits per heavy atom. The summed E-state index contributed by atoms with van der Waals surface area (Å²) in [6.45, 7) is 3.28. The van der Waals surface area contributed by atoms with Crippen LogP contribution in [0.15, 0.2) is 30.3 Å². The Hall–Kier alpha value is -2.94. The number of carbonyl (C=O) groups is 4. The third kappa shape index (κ3) is 5.54. The van der Waals surface area contributed by atoms with Gasteiger partial charge in [-0.3, -0.25) is 14.9 Å². The number of esters is 1. The summed E-state index contributed by atoms with van der Waals surface area (Å²) in [5, 5.41) is 12.3. The first kappa shape index (κ1) is 22.4. The van der Waals surface area contributed by atoms with Gasteiger partial charge < -0.3 is 14.7 Å². The molecule has 0 aromatic heterocycles. The molecule has 1 fully saturated rings. The summed E-state index contributed by atoms with van der Waals surface area (Å²) in [6, 6.07) is 5.80. The minimum absolute atomic E-state index is 0.0342. The number of hydrogen-bond acceptors (Lipinski definition) is 6. The molecule has 1 aliphatic rings. The molecule has 2 N–H and O–H groups in total.